The van der Waals surface area contributed by atoms with Crippen LogP contribution >= 0.6 is 0 Å². The predicted molar refractivity (Wildman–Crippen MR) is 61.3 cm³/mol. The number of carbonyl (C=O) groups excluding carboxylic acids is 2. The van der Waals surface area contributed by atoms with Crippen molar-refractivity contribution in [2.45, 2.75) is 12.8 Å². The van der Waals surface area contributed by atoms with Crippen LogP contribution in [0.25, 0.3) is 0 Å². The van der Waals surface area contributed by atoms with Gasteiger partial charge in [-0.1, -0.05) is 5.16 Å². The Hall–Kier alpha value is -2.38. The molecule has 0 saturated carbocycles. The molecule has 0 aliphatic carbocycles. The fourth-order valence-corrected chi connectivity index (χ4v) is 2.01. The number of aromatic nitrogens is 1. The molecule has 8 heteroatoms. The van der Waals surface area contributed by atoms with Crippen LogP contribution in [0.1, 0.15) is 33.9 Å². The van der Waals surface area contributed by atoms with Crippen molar-refractivity contribution in [2.75, 3.05) is 13.1 Å². The first-order chi connectivity index (χ1) is 8.99. The highest BCUT2D eigenvalue weighted by Gasteiger charge is 2.28. The Bertz CT molecular complexity index is 516. The lowest BCUT2D eigenvalue weighted by atomic mass is 9.96. The maximum Gasteiger partial charge on any atom is 0.374 e. The number of piperidine rings is 1. The second kappa shape index (κ2) is 5.09. The summed E-state index contributed by atoms with van der Waals surface area (Å²) in [5, 5.41) is 12.1. The zero-order valence-electron chi connectivity index (χ0n) is 10.0. The number of primary amides is 1. The molecule has 0 bridgehead atoms. The third kappa shape index (κ3) is 2.72. The van der Waals surface area contributed by atoms with Crippen LogP contribution < -0.4 is 5.73 Å². The molecule has 102 valence electrons. The number of carboxylic acid groups (broad SMARTS) is 1. The number of rotatable bonds is 3. The molecule has 8 nitrogen and oxygen atoms in total. The monoisotopic (exact) mass is 267 g/mol. The third-order valence-corrected chi connectivity index (χ3v) is 3.12. The number of amides is 2. The van der Waals surface area contributed by atoms with Gasteiger partial charge in [0.25, 0.3) is 5.91 Å². The number of likely N-dealkylation sites (tertiary alicyclic amines) is 1. The lowest BCUT2D eigenvalue weighted by Crippen LogP contribution is -2.41. The van der Waals surface area contributed by atoms with Crippen molar-refractivity contribution in [1.82, 2.24) is 10.1 Å². The average molecular weight is 267 g/mol. The number of carbonyl (C=O) groups is 3. The summed E-state index contributed by atoms with van der Waals surface area (Å²) < 4.78 is 4.53. The summed E-state index contributed by atoms with van der Waals surface area (Å²) >= 11 is 0. The minimum absolute atomic E-state index is 0.0464. The number of nitrogens with two attached hydrogens (primary N) is 1. The van der Waals surface area contributed by atoms with Gasteiger partial charge in [-0.2, -0.15) is 0 Å². The molecule has 19 heavy (non-hydrogen) atoms. The second-order valence-corrected chi connectivity index (χ2v) is 4.35. The molecule has 1 aromatic rings. The van der Waals surface area contributed by atoms with E-state index < -0.39 is 11.9 Å². The van der Waals surface area contributed by atoms with Gasteiger partial charge in [0.2, 0.25) is 11.7 Å². The van der Waals surface area contributed by atoms with E-state index in [0.717, 1.165) is 6.07 Å². The number of carboxylic acids is 1. The van der Waals surface area contributed by atoms with E-state index in [1.165, 1.54) is 4.90 Å². The normalized spacial score (nSPS) is 16.3. The predicted octanol–water partition coefficient (Wildman–Crippen LogP) is -0.290. The van der Waals surface area contributed by atoms with Gasteiger partial charge in [0, 0.05) is 25.1 Å². The summed E-state index contributed by atoms with van der Waals surface area (Å²) in [6.07, 6.45) is 1.01. The minimum atomic E-state index is -1.28. The number of hydrogen-bond acceptors (Lipinski definition) is 5. The Kier molecular flexibility index (Phi) is 3.50. The summed E-state index contributed by atoms with van der Waals surface area (Å²) in [6.45, 7) is 0.781. The molecule has 0 unspecified atom stereocenters. The van der Waals surface area contributed by atoms with Crippen molar-refractivity contribution >= 4 is 17.8 Å². The van der Waals surface area contributed by atoms with Gasteiger partial charge in [0.1, 0.15) is 0 Å². The van der Waals surface area contributed by atoms with E-state index >= 15 is 0 Å². The van der Waals surface area contributed by atoms with E-state index in [1.54, 1.807) is 0 Å². The summed E-state index contributed by atoms with van der Waals surface area (Å²) in [5.74, 6) is -2.63. The van der Waals surface area contributed by atoms with Gasteiger partial charge in [-0.3, -0.25) is 9.59 Å². The van der Waals surface area contributed by atoms with Crippen LogP contribution in [0.5, 0.6) is 0 Å². The van der Waals surface area contributed by atoms with E-state index in [0.29, 0.717) is 25.9 Å². The lowest BCUT2D eigenvalue weighted by Gasteiger charge is -2.29. The SMILES string of the molecule is NC(=O)C1CCN(C(=O)c2cc(C(=O)O)on2)CC1. The molecule has 1 aliphatic heterocycles. The zero-order chi connectivity index (χ0) is 14.0. The Balaban J connectivity index is 2.01. The molecule has 2 amide bonds. The number of nitrogens with zero attached hydrogens (tertiary/aromatic N) is 2. The van der Waals surface area contributed by atoms with Crippen LogP contribution in [0.4, 0.5) is 0 Å². The smallest absolute Gasteiger partial charge is 0.374 e. The summed E-state index contributed by atoms with van der Waals surface area (Å²) in [5.41, 5.74) is 5.16. The van der Waals surface area contributed by atoms with E-state index in [4.69, 9.17) is 10.8 Å². The molecule has 1 aromatic heterocycles. The Morgan fingerprint density at radius 3 is 2.47 bits per heavy atom. The summed E-state index contributed by atoms with van der Waals surface area (Å²) in [4.78, 5) is 35.1. The van der Waals surface area contributed by atoms with Crippen LogP contribution in [0, 0.1) is 5.92 Å². The molecule has 0 spiro atoms. The average Bonchev–Trinajstić information content (AvgIpc) is 2.87. The highest BCUT2D eigenvalue weighted by molar-refractivity contribution is 5.95. The van der Waals surface area contributed by atoms with E-state index in [2.05, 4.69) is 9.68 Å². The highest BCUT2D eigenvalue weighted by Crippen LogP contribution is 2.18. The molecular formula is C11H13N3O5. The van der Waals surface area contributed by atoms with Gasteiger partial charge in [0.05, 0.1) is 0 Å². The van der Waals surface area contributed by atoms with Gasteiger partial charge in [-0.15, -0.1) is 0 Å². The standard InChI is InChI=1S/C11H13N3O5/c12-9(15)6-1-3-14(4-2-6)10(16)7-5-8(11(17)18)19-13-7/h5-6H,1-4H2,(H2,12,15)(H,17,18). The van der Waals surface area contributed by atoms with Crippen LogP contribution in [0.3, 0.4) is 0 Å². The van der Waals surface area contributed by atoms with E-state index in [1.807, 2.05) is 0 Å². The first-order valence-corrected chi connectivity index (χ1v) is 5.77. The van der Waals surface area contributed by atoms with Crippen LogP contribution in [-0.2, 0) is 4.79 Å². The van der Waals surface area contributed by atoms with Gasteiger partial charge in [-0.25, -0.2) is 4.79 Å². The van der Waals surface area contributed by atoms with Crippen LogP contribution in [-0.4, -0.2) is 46.0 Å². The topological polar surface area (TPSA) is 127 Å². The molecule has 0 aromatic carbocycles. The molecule has 0 radical (unpaired) electrons. The number of aromatic carboxylic acids is 1. The van der Waals surface area contributed by atoms with Crippen molar-refractivity contribution in [3.8, 4) is 0 Å². The molecule has 3 N–H and O–H groups in total. The van der Waals surface area contributed by atoms with Crippen molar-refractivity contribution in [3.05, 3.63) is 17.5 Å². The van der Waals surface area contributed by atoms with Crippen molar-refractivity contribution in [3.63, 3.8) is 0 Å². The van der Waals surface area contributed by atoms with Crippen LogP contribution in [0.15, 0.2) is 10.6 Å². The molecule has 1 aliphatic rings. The van der Waals surface area contributed by atoms with E-state index in [-0.39, 0.29) is 23.3 Å². The molecule has 1 saturated heterocycles. The molecule has 2 heterocycles. The van der Waals surface area contributed by atoms with Crippen molar-refractivity contribution < 1.29 is 24.0 Å². The van der Waals surface area contributed by atoms with Crippen molar-refractivity contribution in [2.24, 2.45) is 11.7 Å². The first kappa shape index (κ1) is 13.1. The molecule has 1 fully saturated rings. The fourth-order valence-electron chi connectivity index (χ4n) is 2.01. The quantitative estimate of drug-likeness (QED) is 0.774. The Morgan fingerprint density at radius 2 is 2.00 bits per heavy atom. The van der Waals surface area contributed by atoms with Crippen LogP contribution in [0.2, 0.25) is 0 Å². The molecule has 2 rings (SSSR count). The summed E-state index contributed by atoms with van der Waals surface area (Å²) in [7, 11) is 0. The first-order valence-electron chi connectivity index (χ1n) is 5.77. The Labute approximate surface area is 108 Å². The Morgan fingerprint density at radius 1 is 1.37 bits per heavy atom. The second-order valence-electron chi connectivity index (χ2n) is 4.35. The number of hydrogen-bond donors (Lipinski definition) is 2. The van der Waals surface area contributed by atoms with Gasteiger partial charge < -0.3 is 20.3 Å². The fraction of sp³-hybridized carbons (Fsp3) is 0.455. The lowest BCUT2D eigenvalue weighted by molar-refractivity contribution is -0.123. The highest BCUT2D eigenvalue weighted by atomic mass is 16.5. The van der Waals surface area contributed by atoms with Crippen molar-refractivity contribution in [1.29, 1.82) is 0 Å². The zero-order valence-corrected chi connectivity index (χ0v) is 10.0. The third-order valence-electron chi connectivity index (χ3n) is 3.12. The minimum Gasteiger partial charge on any atom is -0.475 e. The van der Waals surface area contributed by atoms with Gasteiger partial charge in [0.15, 0.2) is 5.69 Å². The summed E-state index contributed by atoms with van der Waals surface area (Å²) in [6, 6.07) is 1.09. The van der Waals surface area contributed by atoms with Gasteiger partial charge >= 0.3 is 5.97 Å². The van der Waals surface area contributed by atoms with Gasteiger partial charge in [-0.05, 0) is 12.8 Å². The maximum atomic E-state index is 12.0. The molecule has 0 atom stereocenters. The molecular weight excluding hydrogens is 254 g/mol. The maximum absolute atomic E-state index is 12.0. The van der Waals surface area contributed by atoms with E-state index in [9.17, 15) is 14.4 Å². The largest absolute Gasteiger partial charge is 0.475 e.